The maximum absolute atomic E-state index is 14.6. The van der Waals surface area contributed by atoms with E-state index in [0.717, 1.165) is 35.7 Å². The molecule has 3 aromatic rings. The average Bonchev–Trinajstić information content (AvgIpc) is 3.52. The predicted molar refractivity (Wildman–Crippen MR) is 119 cm³/mol. The number of hydrogen-bond acceptors (Lipinski definition) is 6. The molecule has 1 aliphatic carbocycles. The van der Waals surface area contributed by atoms with Crippen LogP contribution in [0, 0.1) is 30.5 Å². The molecular weight excluding hydrogens is 409 g/mol. The third-order valence-corrected chi connectivity index (χ3v) is 5.63. The lowest BCUT2D eigenvalue weighted by atomic mass is 10.1. The largest absolute Gasteiger partial charge is 0.379 e. The molecule has 1 aliphatic heterocycles. The molecule has 0 bridgehead atoms. The number of aromatic nitrogens is 3. The molecular formula is C24H22FN5O2. The van der Waals surface area contributed by atoms with Gasteiger partial charge in [0.15, 0.2) is 5.82 Å². The van der Waals surface area contributed by atoms with Gasteiger partial charge in [0.1, 0.15) is 11.5 Å². The quantitative estimate of drug-likeness (QED) is 0.616. The molecule has 1 amide bonds. The van der Waals surface area contributed by atoms with Gasteiger partial charge in [-0.15, -0.1) is 0 Å². The van der Waals surface area contributed by atoms with Crippen molar-refractivity contribution >= 4 is 28.2 Å². The molecule has 0 aromatic carbocycles. The molecule has 3 aromatic heterocycles. The van der Waals surface area contributed by atoms with E-state index in [2.05, 4.69) is 37.4 Å². The number of rotatable bonds is 4. The van der Waals surface area contributed by atoms with Gasteiger partial charge in [-0.25, -0.2) is 14.4 Å². The SMILES string of the molecule is Cc1ncc(C#Cc2ncc(N[C@H]3CCOC3)cc2F)c2cc(NC(=O)C3CC3)ncc12. The van der Waals surface area contributed by atoms with Crippen LogP contribution in [0.2, 0.25) is 0 Å². The van der Waals surface area contributed by atoms with Crippen LogP contribution in [0.1, 0.15) is 36.2 Å². The van der Waals surface area contributed by atoms with Gasteiger partial charge in [0.25, 0.3) is 0 Å². The van der Waals surface area contributed by atoms with E-state index in [-0.39, 0.29) is 23.6 Å². The molecule has 1 saturated heterocycles. The Morgan fingerprint density at radius 2 is 1.97 bits per heavy atom. The lowest BCUT2D eigenvalue weighted by Gasteiger charge is -2.11. The fourth-order valence-corrected chi connectivity index (χ4v) is 3.63. The van der Waals surface area contributed by atoms with Crippen molar-refractivity contribution in [2.24, 2.45) is 5.92 Å². The molecule has 32 heavy (non-hydrogen) atoms. The summed E-state index contributed by atoms with van der Waals surface area (Å²) in [4.78, 5) is 25.0. The Kier molecular flexibility index (Phi) is 5.41. The molecule has 2 N–H and O–H groups in total. The van der Waals surface area contributed by atoms with Crippen LogP contribution in [0.4, 0.5) is 15.9 Å². The van der Waals surface area contributed by atoms with E-state index in [4.69, 9.17) is 4.74 Å². The number of ether oxygens (including phenoxy) is 1. The third kappa shape index (κ3) is 4.39. The number of carbonyl (C=O) groups is 1. The van der Waals surface area contributed by atoms with Gasteiger partial charge in [-0.2, -0.15) is 0 Å². The zero-order chi connectivity index (χ0) is 22.1. The van der Waals surface area contributed by atoms with E-state index in [1.54, 1.807) is 24.7 Å². The van der Waals surface area contributed by atoms with Crippen LogP contribution >= 0.6 is 0 Å². The number of amides is 1. The fourth-order valence-electron chi connectivity index (χ4n) is 3.63. The highest BCUT2D eigenvalue weighted by molar-refractivity contribution is 5.96. The van der Waals surface area contributed by atoms with Crippen LogP contribution in [0.5, 0.6) is 0 Å². The summed E-state index contributed by atoms with van der Waals surface area (Å²) in [5.74, 6) is 5.84. The second-order valence-corrected chi connectivity index (χ2v) is 8.15. The van der Waals surface area contributed by atoms with E-state index >= 15 is 0 Å². The Morgan fingerprint density at radius 1 is 1.09 bits per heavy atom. The highest BCUT2D eigenvalue weighted by Gasteiger charge is 2.29. The molecule has 7 nitrogen and oxygen atoms in total. The van der Waals surface area contributed by atoms with Crippen LogP contribution in [0.3, 0.4) is 0 Å². The normalized spacial score (nSPS) is 17.6. The topological polar surface area (TPSA) is 89.0 Å². The molecule has 162 valence electrons. The van der Waals surface area contributed by atoms with Crippen molar-refractivity contribution in [1.82, 2.24) is 15.0 Å². The highest BCUT2D eigenvalue weighted by atomic mass is 19.1. The summed E-state index contributed by atoms with van der Waals surface area (Å²) >= 11 is 0. The summed E-state index contributed by atoms with van der Waals surface area (Å²) in [6.07, 6.45) is 7.62. The van der Waals surface area contributed by atoms with Crippen molar-refractivity contribution in [3.05, 3.63) is 53.5 Å². The smallest absolute Gasteiger partial charge is 0.228 e. The van der Waals surface area contributed by atoms with Crippen molar-refractivity contribution in [2.75, 3.05) is 23.8 Å². The maximum Gasteiger partial charge on any atom is 0.228 e. The molecule has 8 heteroatoms. The average molecular weight is 431 g/mol. The summed E-state index contributed by atoms with van der Waals surface area (Å²) in [5.41, 5.74) is 2.08. The number of hydrogen-bond donors (Lipinski definition) is 2. The van der Waals surface area contributed by atoms with Crippen molar-refractivity contribution in [3.8, 4) is 11.8 Å². The Bertz CT molecular complexity index is 1260. The second-order valence-electron chi connectivity index (χ2n) is 8.15. The first-order valence-electron chi connectivity index (χ1n) is 10.6. The van der Waals surface area contributed by atoms with Gasteiger partial charge in [0.2, 0.25) is 5.91 Å². The monoisotopic (exact) mass is 431 g/mol. The summed E-state index contributed by atoms with van der Waals surface area (Å²) in [5, 5.41) is 7.70. The van der Waals surface area contributed by atoms with Crippen molar-refractivity contribution in [2.45, 2.75) is 32.2 Å². The van der Waals surface area contributed by atoms with E-state index in [9.17, 15) is 9.18 Å². The Balaban J connectivity index is 1.42. The van der Waals surface area contributed by atoms with Gasteiger partial charge in [0, 0.05) is 47.5 Å². The zero-order valence-corrected chi connectivity index (χ0v) is 17.6. The van der Waals surface area contributed by atoms with Gasteiger partial charge in [0.05, 0.1) is 30.1 Å². The van der Waals surface area contributed by atoms with E-state index < -0.39 is 5.82 Å². The first-order chi connectivity index (χ1) is 15.6. The summed E-state index contributed by atoms with van der Waals surface area (Å²) in [6, 6.07) is 3.35. The van der Waals surface area contributed by atoms with Gasteiger partial charge in [-0.1, -0.05) is 5.92 Å². The minimum atomic E-state index is -0.496. The van der Waals surface area contributed by atoms with Gasteiger partial charge in [-0.05, 0) is 38.2 Å². The lowest BCUT2D eigenvalue weighted by molar-refractivity contribution is -0.117. The maximum atomic E-state index is 14.6. The van der Waals surface area contributed by atoms with Gasteiger partial charge >= 0.3 is 0 Å². The zero-order valence-electron chi connectivity index (χ0n) is 17.6. The molecule has 0 unspecified atom stereocenters. The molecule has 2 fully saturated rings. The molecule has 0 radical (unpaired) electrons. The Morgan fingerprint density at radius 3 is 2.72 bits per heavy atom. The Labute approximate surface area is 184 Å². The van der Waals surface area contributed by atoms with E-state index in [1.807, 2.05) is 6.92 Å². The molecule has 1 atom stereocenters. The first-order valence-corrected chi connectivity index (χ1v) is 10.6. The van der Waals surface area contributed by atoms with E-state index in [0.29, 0.717) is 30.3 Å². The standard InChI is InChI=1S/C24H22FN5O2/c1-14-20-12-28-23(30-24(31)15-2-3-15)9-19(20)16(10-26-14)4-5-22-21(25)8-18(11-27-22)29-17-6-7-32-13-17/h8-12,15,17,29H,2-3,6-7,13H2,1H3,(H,28,30,31)/t17-/m0/s1. The number of fused-ring (bicyclic) bond motifs is 1. The molecule has 2 aliphatic rings. The van der Waals surface area contributed by atoms with Crippen LogP contribution in [0.25, 0.3) is 10.8 Å². The van der Waals surface area contributed by atoms with Gasteiger partial charge < -0.3 is 15.4 Å². The van der Waals surface area contributed by atoms with Gasteiger partial charge in [-0.3, -0.25) is 9.78 Å². The van der Waals surface area contributed by atoms with Crippen molar-refractivity contribution in [1.29, 1.82) is 0 Å². The van der Waals surface area contributed by atoms with Crippen LogP contribution in [-0.4, -0.2) is 40.1 Å². The molecule has 0 spiro atoms. The van der Waals surface area contributed by atoms with Crippen molar-refractivity contribution in [3.63, 3.8) is 0 Å². The number of carbonyl (C=O) groups excluding carboxylic acids is 1. The number of nitrogens with zero attached hydrogens (tertiary/aromatic N) is 3. The van der Waals surface area contributed by atoms with E-state index in [1.165, 1.54) is 6.07 Å². The minimum absolute atomic E-state index is 0.0144. The summed E-state index contributed by atoms with van der Waals surface area (Å²) in [7, 11) is 0. The molecule has 1 saturated carbocycles. The second kappa shape index (κ2) is 8.52. The molecule has 4 heterocycles. The highest BCUT2D eigenvalue weighted by Crippen LogP contribution is 2.30. The number of aryl methyl sites for hydroxylation is 1. The third-order valence-electron chi connectivity index (χ3n) is 5.63. The number of nitrogens with one attached hydrogen (secondary N) is 2. The number of anilines is 2. The van der Waals surface area contributed by atoms with Crippen LogP contribution in [0.15, 0.2) is 30.7 Å². The predicted octanol–water partition coefficient (Wildman–Crippen LogP) is 3.42. The number of pyridine rings is 3. The Hall–Kier alpha value is -3.57. The summed E-state index contributed by atoms with van der Waals surface area (Å²) < 4.78 is 19.9. The lowest BCUT2D eigenvalue weighted by Crippen LogP contribution is -2.19. The van der Waals surface area contributed by atoms with Crippen LogP contribution < -0.4 is 10.6 Å². The first kappa shape index (κ1) is 20.3. The minimum Gasteiger partial charge on any atom is -0.379 e. The molecule has 5 rings (SSSR count). The fraction of sp³-hybridized carbons (Fsp3) is 0.333. The summed E-state index contributed by atoms with van der Waals surface area (Å²) in [6.45, 7) is 3.19. The van der Waals surface area contributed by atoms with Crippen molar-refractivity contribution < 1.29 is 13.9 Å². The number of halogens is 1. The van der Waals surface area contributed by atoms with Crippen LogP contribution in [-0.2, 0) is 9.53 Å².